The third-order valence-electron chi connectivity index (χ3n) is 3.04. The van der Waals surface area contributed by atoms with Crippen molar-refractivity contribution in [3.63, 3.8) is 0 Å². The van der Waals surface area contributed by atoms with Gasteiger partial charge >= 0.3 is 5.97 Å². The number of hydrogen-bond acceptors (Lipinski definition) is 3. The van der Waals surface area contributed by atoms with Gasteiger partial charge in [0.25, 0.3) is 0 Å². The molecular weight excluding hydrogens is 264 g/mol. The summed E-state index contributed by atoms with van der Waals surface area (Å²) < 4.78 is 4.72. The SMILES string of the molecule is COC(=O)c1ccccc1C#CCC(O)c1ccccc1. The fourth-order valence-electron chi connectivity index (χ4n) is 1.92. The molecule has 0 aromatic heterocycles. The van der Waals surface area contributed by atoms with E-state index in [2.05, 4.69) is 11.8 Å². The predicted octanol–water partition coefficient (Wildman–Crippen LogP) is 2.95. The number of ether oxygens (including phenoxy) is 1. The average Bonchev–Trinajstić information content (AvgIpc) is 2.55. The Balaban J connectivity index is 2.12. The number of methoxy groups -OCH3 is 1. The van der Waals surface area contributed by atoms with Crippen LogP contribution in [0, 0.1) is 11.8 Å². The van der Waals surface area contributed by atoms with Gasteiger partial charge in [0.1, 0.15) is 0 Å². The van der Waals surface area contributed by atoms with Crippen molar-refractivity contribution in [2.45, 2.75) is 12.5 Å². The van der Waals surface area contributed by atoms with Crippen molar-refractivity contribution in [1.82, 2.24) is 0 Å². The van der Waals surface area contributed by atoms with Gasteiger partial charge < -0.3 is 9.84 Å². The first-order chi connectivity index (χ1) is 10.2. The fraction of sp³-hybridized carbons (Fsp3) is 0.167. The topological polar surface area (TPSA) is 46.5 Å². The standard InChI is InChI=1S/C18H16O3/c1-21-18(20)16-12-6-5-8-14(16)11-7-13-17(19)15-9-3-2-4-10-15/h2-6,8-10,12,17,19H,13H2,1H3. The maximum atomic E-state index is 11.6. The van der Waals surface area contributed by atoms with Crippen LogP contribution >= 0.6 is 0 Å². The molecule has 0 aliphatic heterocycles. The molecule has 0 saturated carbocycles. The van der Waals surface area contributed by atoms with Crippen LogP contribution in [-0.2, 0) is 4.74 Å². The van der Waals surface area contributed by atoms with Crippen LogP contribution in [0.25, 0.3) is 0 Å². The monoisotopic (exact) mass is 280 g/mol. The van der Waals surface area contributed by atoms with Crippen molar-refractivity contribution >= 4 is 5.97 Å². The molecule has 21 heavy (non-hydrogen) atoms. The van der Waals surface area contributed by atoms with Gasteiger partial charge in [0.2, 0.25) is 0 Å². The first-order valence-corrected chi connectivity index (χ1v) is 6.61. The zero-order valence-electron chi connectivity index (χ0n) is 11.7. The largest absolute Gasteiger partial charge is 0.465 e. The minimum atomic E-state index is -0.635. The van der Waals surface area contributed by atoms with E-state index in [1.165, 1.54) is 7.11 Å². The summed E-state index contributed by atoms with van der Waals surface area (Å²) in [6, 6.07) is 16.4. The van der Waals surface area contributed by atoms with Gasteiger partial charge in [-0.2, -0.15) is 0 Å². The highest BCUT2D eigenvalue weighted by Crippen LogP contribution is 2.15. The van der Waals surface area contributed by atoms with E-state index < -0.39 is 12.1 Å². The lowest BCUT2D eigenvalue weighted by atomic mass is 10.1. The quantitative estimate of drug-likeness (QED) is 0.694. The first-order valence-electron chi connectivity index (χ1n) is 6.61. The van der Waals surface area contributed by atoms with Crippen molar-refractivity contribution in [1.29, 1.82) is 0 Å². The van der Waals surface area contributed by atoms with E-state index in [1.807, 2.05) is 36.4 Å². The summed E-state index contributed by atoms with van der Waals surface area (Å²) in [6.45, 7) is 0. The van der Waals surface area contributed by atoms with Gasteiger partial charge in [-0.25, -0.2) is 4.79 Å². The van der Waals surface area contributed by atoms with Crippen LogP contribution in [0.1, 0.15) is 34.0 Å². The van der Waals surface area contributed by atoms with Crippen LogP contribution < -0.4 is 0 Å². The molecule has 0 radical (unpaired) electrons. The molecule has 1 N–H and O–H groups in total. The summed E-state index contributed by atoms with van der Waals surface area (Å²) in [7, 11) is 1.34. The van der Waals surface area contributed by atoms with Crippen molar-refractivity contribution in [3.8, 4) is 11.8 Å². The summed E-state index contributed by atoms with van der Waals surface area (Å²) in [5.41, 5.74) is 1.86. The van der Waals surface area contributed by atoms with E-state index in [1.54, 1.807) is 18.2 Å². The second kappa shape index (κ2) is 7.28. The number of aliphatic hydroxyl groups is 1. The number of benzene rings is 2. The minimum Gasteiger partial charge on any atom is -0.465 e. The minimum absolute atomic E-state index is 0.305. The van der Waals surface area contributed by atoms with Gasteiger partial charge in [-0.05, 0) is 17.7 Å². The molecule has 1 atom stereocenters. The van der Waals surface area contributed by atoms with E-state index in [4.69, 9.17) is 4.74 Å². The molecule has 0 amide bonds. The molecule has 1 unspecified atom stereocenters. The molecular formula is C18H16O3. The van der Waals surface area contributed by atoms with Gasteiger partial charge in [0.05, 0.1) is 18.8 Å². The Labute approximate surface area is 124 Å². The Bertz CT molecular complexity index is 666. The highest BCUT2D eigenvalue weighted by Gasteiger charge is 2.09. The van der Waals surface area contributed by atoms with Gasteiger partial charge in [-0.15, -0.1) is 0 Å². The van der Waals surface area contributed by atoms with Crippen LogP contribution in [0.2, 0.25) is 0 Å². The van der Waals surface area contributed by atoms with E-state index in [9.17, 15) is 9.90 Å². The Morgan fingerprint density at radius 2 is 1.81 bits per heavy atom. The molecule has 0 heterocycles. The first kappa shape index (κ1) is 14.8. The lowest BCUT2D eigenvalue weighted by Crippen LogP contribution is -2.03. The number of rotatable bonds is 3. The predicted molar refractivity (Wildman–Crippen MR) is 80.7 cm³/mol. The molecule has 0 spiro atoms. The molecule has 106 valence electrons. The summed E-state index contributed by atoms with van der Waals surface area (Å²) in [5, 5.41) is 10.0. The maximum absolute atomic E-state index is 11.6. The Kier molecular flexibility index (Phi) is 5.14. The lowest BCUT2D eigenvalue weighted by molar-refractivity contribution is 0.0600. The molecule has 2 aromatic rings. The fourth-order valence-corrected chi connectivity index (χ4v) is 1.92. The molecule has 2 aromatic carbocycles. The number of carbonyl (C=O) groups is 1. The third kappa shape index (κ3) is 3.95. The van der Waals surface area contributed by atoms with Crippen molar-refractivity contribution in [2.24, 2.45) is 0 Å². The summed E-state index contributed by atoms with van der Waals surface area (Å²) in [5.74, 6) is 5.42. The molecule has 0 aliphatic carbocycles. The average molecular weight is 280 g/mol. The number of aliphatic hydroxyl groups excluding tert-OH is 1. The Morgan fingerprint density at radius 3 is 2.52 bits per heavy atom. The van der Waals surface area contributed by atoms with Gasteiger partial charge in [-0.3, -0.25) is 0 Å². The second-order valence-corrected chi connectivity index (χ2v) is 4.47. The van der Waals surface area contributed by atoms with E-state index in [0.29, 0.717) is 17.5 Å². The smallest absolute Gasteiger partial charge is 0.339 e. The Morgan fingerprint density at radius 1 is 1.14 bits per heavy atom. The summed E-state index contributed by atoms with van der Waals surface area (Å²) >= 11 is 0. The lowest BCUT2D eigenvalue weighted by Gasteiger charge is -2.06. The Hall–Kier alpha value is -2.57. The van der Waals surface area contributed by atoms with Crippen LogP contribution in [-0.4, -0.2) is 18.2 Å². The molecule has 3 heteroatoms. The van der Waals surface area contributed by atoms with E-state index in [0.717, 1.165) is 5.56 Å². The van der Waals surface area contributed by atoms with Crippen LogP contribution in [0.5, 0.6) is 0 Å². The summed E-state index contributed by atoms with van der Waals surface area (Å²) in [4.78, 5) is 11.6. The number of esters is 1. The van der Waals surface area contributed by atoms with Gasteiger partial charge in [-0.1, -0.05) is 54.3 Å². The molecule has 0 bridgehead atoms. The van der Waals surface area contributed by atoms with Gasteiger partial charge in [0.15, 0.2) is 0 Å². The van der Waals surface area contributed by atoms with Crippen LogP contribution in [0.15, 0.2) is 54.6 Å². The summed E-state index contributed by atoms with van der Waals surface area (Å²) in [6.07, 6.45) is -0.330. The highest BCUT2D eigenvalue weighted by atomic mass is 16.5. The zero-order chi connectivity index (χ0) is 15.1. The molecule has 0 fully saturated rings. The zero-order valence-corrected chi connectivity index (χ0v) is 11.7. The second-order valence-electron chi connectivity index (χ2n) is 4.47. The van der Waals surface area contributed by atoms with E-state index >= 15 is 0 Å². The molecule has 0 saturated heterocycles. The van der Waals surface area contributed by atoms with Gasteiger partial charge in [0, 0.05) is 12.0 Å². The number of carbonyl (C=O) groups excluding carboxylic acids is 1. The number of hydrogen-bond donors (Lipinski definition) is 1. The van der Waals surface area contributed by atoms with Crippen LogP contribution in [0.4, 0.5) is 0 Å². The maximum Gasteiger partial charge on any atom is 0.339 e. The molecule has 0 aliphatic rings. The van der Waals surface area contributed by atoms with Crippen LogP contribution in [0.3, 0.4) is 0 Å². The highest BCUT2D eigenvalue weighted by molar-refractivity contribution is 5.92. The van der Waals surface area contributed by atoms with E-state index in [-0.39, 0.29) is 0 Å². The normalized spacial score (nSPS) is 11.1. The molecule has 3 nitrogen and oxygen atoms in total. The van der Waals surface area contributed by atoms with Crippen molar-refractivity contribution < 1.29 is 14.6 Å². The van der Waals surface area contributed by atoms with Crippen molar-refractivity contribution in [3.05, 3.63) is 71.3 Å². The van der Waals surface area contributed by atoms with Crippen molar-refractivity contribution in [2.75, 3.05) is 7.11 Å². The third-order valence-corrected chi connectivity index (χ3v) is 3.04. The molecule has 2 rings (SSSR count).